The first-order chi connectivity index (χ1) is 19.0. The standard InChI is InChI=1S/C30H33ClN6O2/c1-30(11-12-30)39-29-26-28(33-19-34-29)37(17-20-5-3-2-4-6-20)27(35-26)24-10-9-23(15-25(24)31)38-14-13-36-18-21-7-8-22(36)16-32-21/h2-6,9-10,15,19,21-22,32H,7-8,11-14,16-18H2,1H3/t21-,22?/m0/s1. The number of piperazine rings is 1. The van der Waals surface area contributed by atoms with Crippen LogP contribution in [0.4, 0.5) is 0 Å². The number of nitrogens with zero attached hydrogens (tertiary/aromatic N) is 5. The second kappa shape index (κ2) is 10.1. The van der Waals surface area contributed by atoms with Gasteiger partial charge in [0.25, 0.3) is 0 Å². The number of piperidine rings is 2. The smallest absolute Gasteiger partial charge is 0.245 e. The number of aromatic nitrogens is 4. The Balaban J connectivity index is 1.17. The van der Waals surface area contributed by atoms with E-state index in [1.54, 1.807) is 6.33 Å². The molecule has 2 aromatic heterocycles. The van der Waals surface area contributed by atoms with Gasteiger partial charge in [-0.25, -0.2) is 9.97 Å². The number of rotatable bonds is 9. The lowest BCUT2D eigenvalue weighted by Crippen LogP contribution is -2.61. The molecule has 39 heavy (non-hydrogen) atoms. The summed E-state index contributed by atoms with van der Waals surface area (Å²) in [6.45, 7) is 6.47. The Bertz CT molecular complexity index is 1480. The van der Waals surface area contributed by atoms with Crippen LogP contribution in [0.1, 0.15) is 38.2 Å². The lowest BCUT2D eigenvalue weighted by Gasteiger charge is -2.45. The van der Waals surface area contributed by atoms with Crippen LogP contribution >= 0.6 is 11.6 Å². The quantitative estimate of drug-likeness (QED) is 0.320. The summed E-state index contributed by atoms with van der Waals surface area (Å²) < 4.78 is 14.5. The van der Waals surface area contributed by atoms with Gasteiger partial charge < -0.3 is 19.4 Å². The SMILES string of the molecule is CC1(Oc2ncnc3c2nc(-c2ccc(OCCN4C[C@@H]5CCC4CN5)cc2Cl)n3Cc2ccccc2)CC1. The number of ether oxygens (including phenoxy) is 2. The molecule has 4 aliphatic rings. The molecule has 2 aromatic carbocycles. The molecule has 2 atom stereocenters. The van der Waals surface area contributed by atoms with Crippen molar-refractivity contribution in [3.63, 3.8) is 0 Å². The summed E-state index contributed by atoms with van der Waals surface area (Å²) in [5.41, 5.74) is 3.17. The van der Waals surface area contributed by atoms with Crippen LogP contribution in [0.25, 0.3) is 22.6 Å². The van der Waals surface area contributed by atoms with Gasteiger partial charge in [0, 0.05) is 37.3 Å². The van der Waals surface area contributed by atoms with Crippen molar-refractivity contribution in [1.82, 2.24) is 29.7 Å². The molecule has 2 bridgehead atoms. The third kappa shape index (κ3) is 5.09. The van der Waals surface area contributed by atoms with Gasteiger partial charge in [-0.05, 0) is 56.4 Å². The van der Waals surface area contributed by atoms with Crippen molar-refractivity contribution in [1.29, 1.82) is 0 Å². The summed E-state index contributed by atoms with van der Waals surface area (Å²) in [4.78, 5) is 16.6. The minimum atomic E-state index is -0.175. The molecule has 8 nitrogen and oxygen atoms in total. The number of nitrogens with one attached hydrogen (secondary N) is 1. The van der Waals surface area contributed by atoms with E-state index in [4.69, 9.17) is 26.1 Å². The average molecular weight is 545 g/mol. The highest BCUT2D eigenvalue weighted by molar-refractivity contribution is 6.33. The molecule has 4 fully saturated rings. The molecule has 3 saturated heterocycles. The zero-order chi connectivity index (χ0) is 26.4. The zero-order valence-corrected chi connectivity index (χ0v) is 22.9. The van der Waals surface area contributed by atoms with Crippen LogP contribution in [-0.4, -0.2) is 68.3 Å². The predicted molar refractivity (Wildman–Crippen MR) is 151 cm³/mol. The third-order valence-electron chi connectivity index (χ3n) is 8.27. The first kappa shape index (κ1) is 24.8. The van der Waals surface area contributed by atoms with Gasteiger partial charge in [-0.1, -0.05) is 41.9 Å². The van der Waals surface area contributed by atoms with Gasteiger partial charge in [-0.3, -0.25) is 4.90 Å². The maximum absolute atomic E-state index is 6.88. The summed E-state index contributed by atoms with van der Waals surface area (Å²) in [5.74, 6) is 2.01. The van der Waals surface area contributed by atoms with E-state index in [-0.39, 0.29) is 5.60 Å². The summed E-state index contributed by atoms with van der Waals surface area (Å²) >= 11 is 6.88. The van der Waals surface area contributed by atoms with Crippen LogP contribution in [-0.2, 0) is 6.54 Å². The highest BCUT2D eigenvalue weighted by atomic mass is 35.5. The molecular formula is C30H33ClN6O2. The number of hydrogen-bond acceptors (Lipinski definition) is 7. The lowest BCUT2D eigenvalue weighted by molar-refractivity contribution is 0.0626. The van der Waals surface area contributed by atoms with Crippen LogP contribution in [0.3, 0.4) is 0 Å². The van der Waals surface area contributed by atoms with E-state index >= 15 is 0 Å². The molecule has 1 unspecified atom stereocenters. The first-order valence-corrected chi connectivity index (χ1v) is 14.3. The molecule has 1 N–H and O–H groups in total. The van der Waals surface area contributed by atoms with Gasteiger partial charge in [0.2, 0.25) is 5.88 Å². The summed E-state index contributed by atoms with van der Waals surface area (Å²) in [6.07, 6.45) is 6.14. The molecule has 0 radical (unpaired) electrons. The minimum absolute atomic E-state index is 0.175. The van der Waals surface area contributed by atoms with E-state index in [0.29, 0.717) is 41.7 Å². The van der Waals surface area contributed by atoms with Crippen molar-refractivity contribution in [3.8, 4) is 23.0 Å². The van der Waals surface area contributed by atoms with Crippen molar-refractivity contribution in [2.45, 2.75) is 56.8 Å². The van der Waals surface area contributed by atoms with Crippen molar-refractivity contribution < 1.29 is 9.47 Å². The fraction of sp³-hybridized carbons (Fsp3) is 0.433. The van der Waals surface area contributed by atoms with E-state index in [9.17, 15) is 0 Å². The summed E-state index contributed by atoms with van der Waals surface area (Å²) in [5, 5.41) is 4.19. The van der Waals surface area contributed by atoms with E-state index in [1.807, 2.05) is 36.4 Å². The Hall–Kier alpha value is -3.20. The van der Waals surface area contributed by atoms with Crippen molar-refractivity contribution in [3.05, 3.63) is 65.4 Å². The zero-order valence-electron chi connectivity index (χ0n) is 22.1. The molecule has 8 rings (SSSR count). The molecule has 3 aliphatic heterocycles. The number of imidazole rings is 1. The topological polar surface area (TPSA) is 77.3 Å². The fourth-order valence-electron chi connectivity index (χ4n) is 5.75. The van der Waals surface area contributed by atoms with Gasteiger partial charge in [0.15, 0.2) is 11.2 Å². The second-order valence-electron chi connectivity index (χ2n) is 11.2. The van der Waals surface area contributed by atoms with E-state index in [1.165, 1.54) is 12.8 Å². The van der Waals surface area contributed by atoms with Crippen LogP contribution in [0.5, 0.6) is 11.6 Å². The first-order valence-electron chi connectivity index (χ1n) is 13.9. The Morgan fingerprint density at radius 3 is 2.69 bits per heavy atom. The fourth-order valence-corrected chi connectivity index (χ4v) is 6.00. The maximum Gasteiger partial charge on any atom is 0.245 e. The molecule has 5 heterocycles. The number of hydrogen-bond donors (Lipinski definition) is 1. The largest absolute Gasteiger partial charge is 0.492 e. The van der Waals surface area contributed by atoms with Gasteiger partial charge in [-0.15, -0.1) is 0 Å². The van der Waals surface area contributed by atoms with Crippen LogP contribution < -0.4 is 14.8 Å². The van der Waals surface area contributed by atoms with E-state index in [0.717, 1.165) is 60.8 Å². The average Bonchev–Trinajstić information content (AvgIpc) is 3.58. The van der Waals surface area contributed by atoms with Crippen molar-refractivity contribution in [2.24, 2.45) is 0 Å². The van der Waals surface area contributed by atoms with Gasteiger partial charge >= 0.3 is 0 Å². The molecular weight excluding hydrogens is 512 g/mol. The lowest BCUT2D eigenvalue weighted by atomic mass is 9.93. The normalized spacial score (nSPS) is 21.8. The number of benzene rings is 2. The molecule has 1 saturated carbocycles. The molecule has 202 valence electrons. The van der Waals surface area contributed by atoms with Crippen LogP contribution in [0, 0.1) is 0 Å². The Morgan fingerprint density at radius 2 is 1.97 bits per heavy atom. The molecule has 0 spiro atoms. The van der Waals surface area contributed by atoms with Crippen molar-refractivity contribution in [2.75, 3.05) is 26.2 Å². The minimum Gasteiger partial charge on any atom is -0.492 e. The highest BCUT2D eigenvalue weighted by Gasteiger charge is 2.41. The summed E-state index contributed by atoms with van der Waals surface area (Å²) in [6, 6.07) is 17.4. The molecule has 9 heteroatoms. The molecule has 0 amide bonds. The highest BCUT2D eigenvalue weighted by Crippen LogP contribution is 2.41. The van der Waals surface area contributed by atoms with Crippen LogP contribution in [0.15, 0.2) is 54.9 Å². The Labute approximate surface area is 233 Å². The third-order valence-corrected chi connectivity index (χ3v) is 8.58. The van der Waals surface area contributed by atoms with E-state index in [2.05, 4.69) is 43.8 Å². The molecule has 4 aromatic rings. The van der Waals surface area contributed by atoms with Gasteiger partial charge in [0.1, 0.15) is 30.1 Å². The Kier molecular flexibility index (Phi) is 6.41. The van der Waals surface area contributed by atoms with Crippen molar-refractivity contribution >= 4 is 22.8 Å². The van der Waals surface area contributed by atoms with Gasteiger partial charge in [-0.2, -0.15) is 4.98 Å². The Morgan fingerprint density at radius 1 is 1.10 bits per heavy atom. The van der Waals surface area contributed by atoms with Crippen LogP contribution in [0.2, 0.25) is 5.02 Å². The number of fused-ring (bicyclic) bond motifs is 4. The van der Waals surface area contributed by atoms with Gasteiger partial charge in [0.05, 0.1) is 11.6 Å². The van der Waals surface area contributed by atoms with E-state index < -0.39 is 0 Å². The predicted octanol–water partition coefficient (Wildman–Crippen LogP) is 4.94. The summed E-state index contributed by atoms with van der Waals surface area (Å²) in [7, 11) is 0. The molecule has 1 aliphatic carbocycles. The number of halogens is 1. The maximum atomic E-state index is 6.88. The monoisotopic (exact) mass is 544 g/mol. The second-order valence-corrected chi connectivity index (χ2v) is 11.6.